The molecule has 42 atom stereocenters. The van der Waals surface area contributed by atoms with Crippen LogP contribution in [-0.4, -0.2) is 249 Å². The van der Waals surface area contributed by atoms with Gasteiger partial charge < -0.3 is 99.5 Å². The van der Waals surface area contributed by atoms with Gasteiger partial charge in [0.1, 0.15) is 11.7 Å². The van der Waals surface area contributed by atoms with Gasteiger partial charge in [0.2, 0.25) is 0 Å². The third kappa shape index (κ3) is 20.0. The zero-order valence-electron chi connectivity index (χ0n) is 78.1. The molecule has 10 bridgehead atoms. The molecule has 28 heteroatoms. The summed E-state index contributed by atoms with van der Waals surface area (Å²) >= 11 is 0. The van der Waals surface area contributed by atoms with Gasteiger partial charge >= 0.3 is 41.8 Å². The first-order valence-electron chi connectivity index (χ1n) is 47.9. The lowest BCUT2D eigenvalue weighted by Crippen LogP contribution is -2.50. The Morgan fingerprint density at radius 1 is 0.398 bits per heavy atom. The molecule has 16 aliphatic heterocycles. The molecule has 28 nitrogen and oxygen atoms in total. The first-order valence-corrected chi connectivity index (χ1v) is 47.9. The van der Waals surface area contributed by atoms with Gasteiger partial charge in [0.25, 0.3) is 0 Å². The number of carbonyl (C=O) groups is 7. The van der Waals surface area contributed by atoms with E-state index >= 15 is 0 Å². The van der Waals surface area contributed by atoms with Gasteiger partial charge in [-0.15, -0.1) is 0 Å². The molecule has 16 heterocycles. The van der Waals surface area contributed by atoms with Crippen LogP contribution in [0.5, 0.6) is 0 Å². The maximum absolute atomic E-state index is 12.9. The molecule has 16 fully saturated rings. The van der Waals surface area contributed by atoms with E-state index in [0.717, 1.165) is 103 Å². The molecule has 0 radical (unpaired) electrons. The first-order chi connectivity index (χ1) is 58.9. The molecule has 0 N–H and O–H groups in total. The SMILES string of the molecule is CCC1OC(CC)C2C3OC(C(C(=O)OC)C3C(=O)OC(C)(C)C)C12.CCC1OC(CC)C2C3OC(C(COC)C3C(=O)OC)C12.CCC1OC(CC)C2C3OC(CC3C(C)C(=O)OC)C12.CCC1OC(CC)C2C3OC(CC3C(CC(=O)OC(C)C)OC(C)=O)C12.CCOC(C)OC(=O)CC(OC1CCCCO1)C1CC2OC1C1C(CC)OC(CC)C21. The standard InChI is InChI=1S/C24H40O7.C20H32O6.C19H30O6.C16H26O5.C16H26O4/c1-5-16-22-19-12-15(24(31-19)23(22)17(6-2)29-16)18(30-21-10-8-9-11-27-21)13-20(25)28-14(4)26-7-3;1-6-13-18-16-8-12(20(26-16)19(18)14(7-2)25-13)15(24-11(5)21)9-17(22)23-10(3)4;1-7-9-11-12(10(8-2)23-9)16-14(18(21)25-19(3,4)5)13(15(11)24-16)17(20)22-6;1-5-9-12-13(10(6-2)20-9)15-11(16(17)19-4)8(7-18-3)14(12)21-15;1-5-10-13-12-7-9(8(3)16(17)18-4)15(20-12)14(13)11(6-2)19-10/h14-19,21-24H,5-13H2,1-4H3;10,12-16,18-20H,6-9H2,1-5H3;9-16H,7-8H2,1-6H3;8-15H,5-7H2,1-4H3;8-15H,5-7H2,1-4H3. The van der Waals surface area contributed by atoms with E-state index in [1.165, 1.54) is 28.3 Å². The van der Waals surface area contributed by atoms with Crippen molar-refractivity contribution in [2.75, 3.05) is 48.3 Å². The van der Waals surface area contributed by atoms with Crippen molar-refractivity contribution in [2.45, 2.75) is 406 Å². The molecular formula is C95H154O28. The van der Waals surface area contributed by atoms with Crippen molar-refractivity contribution in [3.63, 3.8) is 0 Å². The van der Waals surface area contributed by atoms with Crippen LogP contribution in [0.3, 0.4) is 0 Å². The summed E-state index contributed by atoms with van der Waals surface area (Å²) in [7, 11) is 5.95. The van der Waals surface area contributed by atoms with Crippen LogP contribution in [0.4, 0.5) is 0 Å². The van der Waals surface area contributed by atoms with E-state index in [1.807, 2.05) is 48.5 Å². The average Bonchev–Trinajstić information content (AvgIpc) is 1.52. The normalized spacial score (nSPS) is 43.1. The van der Waals surface area contributed by atoms with Crippen LogP contribution in [-0.2, 0) is 133 Å². The summed E-state index contributed by atoms with van der Waals surface area (Å²) in [5.74, 6) is 0.617. The highest BCUT2D eigenvalue weighted by Crippen LogP contribution is 2.63. The highest BCUT2D eigenvalue weighted by molar-refractivity contribution is 5.85. The van der Waals surface area contributed by atoms with E-state index in [2.05, 4.69) is 69.2 Å². The Kier molecular flexibility index (Phi) is 34.0. The van der Waals surface area contributed by atoms with Crippen LogP contribution in [0.1, 0.15) is 247 Å². The van der Waals surface area contributed by atoms with E-state index < -0.39 is 35.8 Å². The van der Waals surface area contributed by atoms with Gasteiger partial charge in [-0.1, -0.05) is 76.2 Å². The number of ether oxygens (including phenoxy) is 21. The Bertz CT molecular complexity index is 3460. The maximum atomic E-state index is 12.9. The Hall–Kier alpha value is -4.27. The lowest BCUT2D eigenvalue weighted by molar-refractivity contribution is -0.211. The van der Waals surface area contributed by atoms with Crippen LogP contribution < -0.4 is 0 Å². The summed E-state index contributed by atoms with van der Waals surface area (Å²) in [4.78, 5) is 85.9. The first kappa shape index (κ1) is 97.8. The summed E-state index contributed by atoms with van der Waals surface area (Å²) in [6.07, 6.45) is 16.3. The smallest absolute Gasteiger partial charge is 0.313 e. The fourth-order valence-electron chi connectivity index (χ4n) is 26.2. The van der Waals surface area contributed by atoms with Gasteiger partial charge in [-0.25, -0.2) is 0 Å². The number of methoxy groups -OCH3 is 4. The average molecular weight is 1740 g/mol. The number of hydrogen-bond donors (Lipinski definition) is 0. The van der Waals surface area contributed by atoms with Crippen molar-refractivity contribution >= 4 is 41.8 Å². The molecule has 16 rings (SSSR count). The number of carbonyl (C=O) groups excluding carboxylic acids is 7. The molecule has 0 aromatic carbocycles. The van der Waals surface area contributed by atoms with Crippen molar-refractivity contribution in [2.24, 2.45) is 107 Å². The highest BCUT2D eigenvalue weighted by atomic mass is 16.7. The van der Waals surface area contributed by atoms with Crippen molar-refractivity contribution < 1.29 is 133 Å². The molecule has 0 aromatic heterocycles. The van der Waals surface area contributed by atoms with E-state index in [4.69, 9.17) is 99.5 Å². The fraction of sp³-hybridized carbons (Fsp3) is 0.926. The molecule has 0 spiro atoms. The molecular weight excluding hydrogens is 1590 g/mol. The number of rotatable bonds is 30. The third-order valence-electron chi connectivity index (χ3n) is 30.7. The zero-order chi connectivity index (χ0) is 89.1. The Morgan fingerprint density at radius 3 is 1.16 bits per heavy atom. The van der Waals surface area contributed by atoms with Crippen LogP contribution in [0.25, 0.3) is 0 Å². The summed E-state index contributed by atoms with van der Waals surface area (Å²) in [5, 5.41) is 0. The van der Waals surface area contributed by atoms with Gasteiger partial charge in [-0.2, -0.15) is 0 Å². The molecule has 0 amide bonds. The lowest BCUT2D eigenvalue weighted by atomic mass is 9.65. The largest absolute Gasteiger partial charge is 0.469 e. The summed E-state index contributed by atoms with van der Waals surface area (Å²) in [5.41, 5.74) is -0.610. The highest BCUT2D eigenvalue weighted by Gasteiger charge is 2.73. The van der Waals surface area contributed by atoms with Gasteiger partial charge in [-0.05, 0) is 151 Å². The second-order valence-electron chi connectivity index (χ2n) is 38.8. The van der Waals surface area contributed by atoms with E-state index in [9.17, 15) is 33.6 Å². The third-order valence-corrected chi connectivity index (χ3v) is 30.7. The lowest BCUT2D eigenvalue weighted by Gasteiger charge is -2.37. The minimum atomic E-state index is -0.619. The van der Waals surface area contributed by atoms with Crippen LogP contribution in [0, 0.1) is 107 Å². The zero-order valence-corrected chi connectivity index (χ0v) is 78.1. The summed E-state index contributed by atoms with van der Waals surface area (Å²) in [6.45, 7) is 39.4. The molecule has 16 aliphatic rings. The Morgan fingerprint density at radius 2 is 0.772 bits per heavy atom. The van der Waals surface area contributed by atoms with Crippen molar-refractivity contribution in [3.8, 4) is 0 Å². The second-order valence-corrected chi connectivity index (χ2v) is 38.8. The van der Waals surface area contributed by atoms with Crippen LogP contribution in [0.15, 0.2) is 0 Å². The molecule has 42 unspecified atom stereocenters. The predicted molar refractivity (Wildman–Crippen MR) is 447 cm³/mol. The predicted octanol–water partition coefficient (Wildman–Crippen LogP) is 13.1. The van der Waals surface area contributed by atoms with Gasteiger partial charge in [0.05, 0.1) is 199 Å². The number of fused-ring (bicyclic) bond motifs is 25. The van der Waals surface area contributed by atoms with Crippen molar-refractivity contribution in [3.05, 3.63) is 0 Å². The van der Waals surface area contributed by atoms with E-state index in [-0.39, 0.29) is 218 Å². The topological polar surface area (TPSA) is 313 Å². The summed E-state index contributed by atoms with van der Waals surface area (Å²) < 4.78 is 123. The summed E-state index contributed by atoms with van der Waals surface area (Å²) in [6, 6.07) is 0. The minimum absolute atomic E-state index is 0.0114. The van der Waals surface area contributed by atoms with Gasteiger partial charge in [-0.3, -0.25) is 33.6 Å². The van der Waals surface area contributed by atoms with Gasteiger partial charge in [0, 0.05) is 110 Å². The molecule has 0 aliphatic carbocycles. The van der Waals surface area contributed by atoms with E-state index in [1.54, 1.807) is 14.0 Å². The van der Waals surface area contributed by atoms with Crippen molar-refractivity contribution in [1.82, 2.24) is 0 Å². The molecule has 0 aromatic rings. The van der Waals surface area contributed by atoms with Crippen molar-refractivity contribution in [1.29, 1.82) is 0 Å². The quantitative estimate of drug-likeness (QED) is 0.0366. The van der Waals surface area contributed by atoms with Crippen LogP contribution >= 0.6 is 0 Å². The molecule has 123 heavy (non-hydrogen) atoms. The van der Waals surface area contributed by atoms with E-state index in [0.29, 0.717) is 85.3 Å². The molecule has 702 valence electrons. The second kappa shape index (κ2) is 42.7. The number of hydrogen-bond acceptors (Lipinski definition) is 28. The monoisotopic (exact) mass is 1740 g/mol. The minimum Gasteiger partial charge on any atom is -0.469 e. The Labute approximate surface area is 731 Å². The fourth-order valence-corrected chi connectivity index (χ4v) is 26.2. The number of esters is 7. The van der Waals surface area contributed by atoms with Crippen LogP contribution in [0.2, 0.25) is 0 Å². The Balaban J connectivity index is 0.000000142. The maximum Gasteiger partial charge on any atom is 0.313 e. The molecule has 16 saturated heterocycles. The van der Waals surface area contributed by atoms with Gasteiger partial charge in [0.15, 0.2) is 12.6 Å². The molecule has 0 saturated carbocycles.